The number of rotatable bonds is 5. The number of aromatic nitrogens is 1. The van der Waals surface area contributed by atoms with Crippen LogP contribution >= 0.6 is 0 Å². The summed E-state index contributed by atoms with van der Waals surface area (Å²) in [5, 5.41) is 10.6. The molecule has 5 aromatic rings. The van der Waals surface area contributed by atoms with Crippen molar-refractivity contribution in [1.29, 1.82) is 5.26 Å². The van der Waals surface area contributed by atoms with Crippen LogP contribution in [0.25, 0.3) is 21.9 Å². The Bertz CT molecular complexity index is 1640. The summed E-state index contributed by atoms with van der Waals surface area (Å²) in [5.41, 5.74) is 4.08. The highest BCUT2D eigenvalue weighted by Gasteiger charge is 2.19. The average molecular weight is 454 g/mol. The van der Waals surface area contributed by atoms with E-state index >= 15 is 0 Å². The summed E-state index contributed by atoms with van der Waals surface area (Å²) in [6, 6.07) is 23.4. The lowest BCUT2D eigenvalue weighted by Crippen LogP contribution is -2.13. The van der Waals surface area contributed by atoms with Crippen molar-refractivity contribution < 1.29 is 12.8 Å². The number of aryl methyl sites for hydroxylation is 1. The minimum Gasteiger partial charge on any atom is -0.460 e. The van der Waals surface area contributed by atoms with Crippen molar-refractivity contribution in [1.82, 2.24) is 4.98 Å². The molecule has 2 heterocycles. The number of nitriles is 1. The molecule has 0 radical (unpaired) electrons. The highest BCUT2D eigenvalue weighted by atomic mass is 32.2. The minimum absolute atomic E-state index is 0.123. The first-order chi connectivity index (χ1) is 15.9. The van der Waals surface area contributed by atoms with Gasteiger partial charge in [-0.3, -0.25) is 9.71 Å². The Hall–Kier alpha value is -4.15. The van der Waals surface area contributed by atoms with Crippen LogP contribution < -0.4 is 4.72 Å². The maximum Gasteiger partial charge on any atom is 0.264 e. The molecule has 162 valence electrons. The van der Waals surface area contributed by atoms with E-state index in [1.807, 2.05) is 37.3 Å². The van der Waals surface area contributed by atoms with Gasteiger partial charge in [-0.15, -0.1) is 0 Å². The minimum atomic E-state index is -3.85. The number of para-hydroxylation sites is 1. The fourth-order valence-corrected chi connectivity index (χ4v) is 5.12. The molecular formula is C26H19N3O3S. The van der Waals surface area contributed by atoms with Crippen molar-refractivity contribution in [3.8, 4) is 6.07 Å². The van der Waals surface area contributed by atoms with E-state index in [0.717, 1.165) is 27.7 Å². The Labute approximate surface area is 191 Å². The maximum absolute atomic E-state index is 13.1. The van der Waals surface area contributed by atoms with E-state index in [9.17, 15) is 8.42 Å². The van der Waals surface area contributed by atoms with E-state index in [-0.39, 0.29) is 4.90 Å². The largest absolute Gasteiger partial charge is 0.460 e. The van der Waals surface area contributed by atoms with Gasteiger partial charge in [-0.05, 0) is 54.4 Å². The Morgan fingerprint density at radius 3 is 2.61 bits per heavy atom. The molecule has 0 fully saturated rings. The summed E-state index contributed by atoms with van der Waals surface area (Å²) < 4.78 is 35.0. The van der Waals surface area contributed by atoms with Gasteiger partial charge >= 0.3 is 0 Å². The normalized spacial score (nSPS) is 11.5. The van der Waals surface area contributed by atoms with Gasteiger partial charge in [0.1, 0.15) is 16.2 Å². The fourth-order valence-electron chi connectivity index (χ4n) is 3.89. The van der Waals surface area contributed by atoms with Crippen LogP contribution in [0.3, 0.4) is 0 Å². The second-order valence-corrected chi connectivity index (χ2v) is 9.43. The van der Waals surface area contributed by atoms with E-state index in [0.29, 0.717) is 28.8 Å². The number of anilines is 1. The van der Waals surface area contributed by atoms with Crippen LogP contribution in [0.1, 0.15) is 22.5 Å². The highest BCUT2D eigenvalue weighted by Crippen LogP contribution is 2.31. The molecule has 7 heteroatoms. The molecular weight excluding hydrogens is 434 g/mol. The van der Waals surface area contributed by atoms with Crippen molar-refractivity contribution >= 4 is 37.6 Å². The van der Waals surface area contributed by atoms with Crippen molar-refractivity contribution in [2.24, 2.45) is 0 Å². The van der Waals surface area contributed by atoms with Crippen LogP contribution in [0, 0.1) is 18.3 Å². The molecule has 0 aliphatic heterocycles. The molecule has 3 aromatic carbocycles. The highest BCUT2D eigenvalue weighted by molar-refractivity contribution is 7.93. The molecule has 2 aromatic heterocycles. The van der Waals surface area contributed by atoms with Gasteiger partial charge in [0.25, 0.3) is 10.0 Å². The third-order valence-electron chi connectivity index (χ3n) is 5.62. The number of fused-ring (bicyclic) bond motifs is 2. The number of nitrogens with one attached hydrogen (secondary N) is 1. The maximum atomic E-state index is 13.1. The van der Waals surface area contributed by atoms with Gasteiger partial charge < -0.3 is 4.42 Å². The lowest BCUT2D eigenvalue weighted by Gasteiger charge is -2.10. The molecule has 1 N–H and O–H groups in total. The topological polar surface area (TPSA) is 96.0 Å². The lowest BCUT2D eigenvalue weighted by atomic mass is 10.0. The Kier molecular flexibility index (Phi) is 5.08. The van der Waals surface area contributed by atoms with Crippen LogP contribution in [0.2, 0.25) is 0 Å². The summed E-state index contributed by atoms with van der Waals surface area (Å²) in [4.78, 5) is 4.37. The molecule has 0 unspecified atom stereocenters. The van der Waals surface area contributed by atoms with Gasteiger partial charge in [-0.2, -0.15) is 5.26 Å². The monoisotopic (exact) mass is 453 g/mol. The van der Waals surface area contributed by atoms with E-state index in [4.69, 9.17) is 9.68 Å². The summed E-state index contributed by atoms with van der Waals surface area (Å²) in [6.07, 6.45) is 2.16. The van der Waals surface area contributed by atoms with E-state index in [1.54, 1.807) is 48.7 Å². The zero-order valence-corrected chi connectivity index (χ0v) is 18.6. The molecule has 0 aliphatic carbocycles. The first-order valence-electron chi connectivity index (χ1n) is 10.3. The number of hydrogen-bond acceptors (Lipinski definition) is 5. The molecule has 0 saturated carbocycles. The third kappa shape index (κ3) is 3.93. The lowest BCUT2D eigenvalue weighted by molar-refractivity contribution is 0.559. The Morgan fingerprint density at radius 2 is 1.82 bits per heavy atom. The number of furan rings is 1. The van der Waals surface area contributed by atoms with E-state index < -0.39 is 10.0 Å². The first-order valence-corrected chi connectivity index (χ1v) is 11.8. The molecule has 33 heavy (non-hydrogen) atoms. The van der Waals surface area contributed by atoms with Crippen LogP contribution in [0.4, 0.5) is 5.69 Å². The number of pyridine rings is 1. The molecule has 0 bridgehead atoms. The number of hydrogen-bond donors (Lipinski definition) is 1. The van der Waals surface area contributed by atoms with Gasteiger partial charge in [-0.25, -0.2) is 8.42 Å². The summed E-state index contributed by atoms with van der Waals surface area (Å²) in [7, 11) is -3.85. The molecule has 5 rings (SSSR count). The number of nitrogens with zero attached hydrogens (tertiary/aromatic N) is 2. The van der Waals surface area contributed by atoms with Crippen molar-refractivity contribution in [2.75, 3.05) is 4.72 Å². The van der Waals surface area contributed by atoms with Crippen LogP contribution in [0.15, 0.2) is 88.3 Å². The molecule has 0 amide bonds. The molecule has 6 nitrogen and oxygen atoms in total. The Morgan fingerprint density at radius 1 is 1.03 bits per heavy atom. The predicted molar refractivity (Wildman–Crippen MR) is 127 cm³/mol. The second kappa shape index (κ2) is 8.08. The van der Waals surface area contributed by atoms with Gasteiger partial charge in [0.2, 0.25) is 0 Å². The van der Waals surface area contributed by atoms with Crippen molar-refractivity contribution in [2.45, 2.75) is 18.2 Å². The van der Waals surface area contributed by atoms with Gasteiger partial charge in [-0.1, -0.05) is 30.3 Å². The van der Waals surface area contributed by atoms with Crippen LogP contribution in [-0.4, -0.2) is 13.4 Å². The van der Waals surface area contributed by atoms with Gasteiger partial charge in [0.05, 0.1) is 22.8 Å². The van der Waals surface area contributed by atoms with Crippen LogP contribution in [-0.2, 0) is 16.4 Å². The fraction of sp³-hybridized carbons (Fsp3) is 0.0769. The molecule has 0 aliphatic rings. The van der Waals surface area contributed by atoms with Crippen molar-refractivity contribution in [3.63, 3.8) is 0 Å². The van der Waals surface area contributed by atoms with Crippen LogP contribution in [0.5, 0.6) is 0 Å². The zero-order valence-electron chi connectivity index (χ0n) is 17.7. The number of sulfonamides is 1. The second-order valence-electron chi connectivity index (χ2n) is 7.78. The summed E-state index contributed by atoms with van der Waals surface area (Å²) in [5.74, 6) is 0.799. The van der Waals surface area contributed by atoms with Gasteiger partial charge in [0.15, 0.2) is 0 Å². The van der Waals surface area contributed by atoms with Crippen molar-refractivity contribution in [3.05, 3.63) is 101 Å². The predicted octanol–water partition coefficient (Wildman–Crippen LogP) is 5.55. The first kappa shape index (κ1) is 20.7. The summed E-state index contributed by atoms with van der Waals surface area (Å²) >= 11 is 0. The third-order valence-corrected chi connectivity index (χ3v) is 7.04. The standard InChI is InChI=1S/C26H19N3O3S/c1-17-22-12-11-21(15-24(22)32-23(17)14-18-7-9-19(16-27)10-8-18)29-33(30,31)25-6-2-4-20-5-3-13-28-26(20)25/h2-13,15,29H,14H2,1H3. The van der Waals surface area contributed by atoms with E-state index in [1.165, 1.54) is 0 Å². The smallest absolute Gasteiger partial charge is 0.264 e. The summed E-state index contributed by atoms with van der Waals surface area (Å²) in [6.45, 7) is 1.98. The van der Waals surface area contributed by atoms with Gasteiger partial charge in [0, 0.05) is 29.5 Å². The average Bonchev–Trinajstić information content (AvgIpc) is 3.13. The molecule has 0 spiro atoms. The van der Waals surface area contributed by atoms with E-state index in [2.05, 4.69) is 15.8 Å². The molecule has 0 saturated heterocycles. The Balaban J connectivity index is 1.46. The number of benzene rings is 3. The zero-order chi connectivity index (χ0) is 23.0. The SMILES string of the molecule is Cc1c(Cc2ccc(C#N)cc2)oc2cc(NS(=O)(=O)c3cccc4cccnc34)ccc12. The molecule has 0 atom stereocenters. The quantitative estimate of drug-likeness (QED) is 0.376.